The van der Waals surface area contributed by atoms with Crippen LogP contribution in [0, 0.1) is 65.8 Å². The number of halogens is 5. The molecule has 36 heteroatoms. The number of fused-ring (bicyclic) bond motifs is 8. The maximum atomic E-state index is 14.5. The third-order valence-corrected chi connectivity index (χ3v) is 29.5. The minimum atomic E-state index is -2.96. The predicted octanol–water partition coefficient (Wildman–Crippen LogP) is 23.9. The minimum Gasteiger partial charge on any atom is -0.493 e. The van der Waals surface area contributed by atoms with Crippen molar-refractivity contribution in [2.75, 3.05) is 71.1 Å². The summed E-state index contributed by atoms with van der Waals surface area (Å²) in [7, 11) is 14.5. The SMILES string of the molecule is CCC(CC(=O)c1cc2c(F)c(OC)c(OC)cc2s1)C(C)=O.CCCC(CC(=O)c1cc2cc(OC)c(OC)cc2s1)C(C)=O.COc1cc2cc(C(=O)CCC(C)=O)sc2cc1OC(F)F.COc1cc2sc(C(=O)C[C@H](C)C(C)=O)cc2c2nc(C)oc12.COc1cc2sc(C(=O)[C@@H]3C[C@@H]3C(C)=O)cc2c(F)c1OC.COc1cc2sc(C(=O)[C@H]3C[C@H]3C(C)=O)cc2c(F)c1OC. The fourth-order valence-corrected chi connectivity index (χ4v) is 21.2. The van der Waals surface area contributed by atoms with Gasteiger partial charge in [-0.25, -0.2) is 18.2 Å². The molecule has 0 radical (unpaired) electrons. The van der Waals surface area contributed by atoms with Crippen LogP contribution in [0.15, 0.2) is 89.3 Å². The first-order valence-corrected chi connectivity index (χ1v) is 47.4. The number of nitrogens with zero attached hydrogens (tertiary/aromatic N) is 1. The summed E-state index contributed by atoms with van der Waals surface area (Å²) < 4.78 is 134. The third-order valence-electron chi connectivity index (χ3n) is 22.7. The largest absolute Gasteiger partial charge is 0.493 e. The molecule has 7 heterocycles. The van der Waals surface area contributed by atoms with Gasteiger partial charge in [-0.15, -0.1) is 68.0 Å². The molecule has 0 amide bonds. The molecule has 13 aromatic rings. The van der Waals surface area contributed by atoms with Crippen molar-refractivity contribution in [3.05, 3.63) is 138 Å². The number of Topliss-reactive ketones (excluding diaryl/α,β-unsaturated/α-hetero) is 12. The Balaban J connectivity index is 0.000000168. The molecule has 2 fully saturated rings. The zero-order valence-corrected chi connectivity index (χ0v) is 82.8. The minimum absolute atomic E-state index is 0.00326. The molecule has 7 atom stereocenters. The maximum absolute atomic E-state index is 14.5. The molecule has 0 spiro atoms. The van der Waals surface area contributed by atoms with Crippen molar-refractivity contribution in [2.45, 2.75) is 140 Å². The second kappa shape index (κ2) is 46.5. The van der Waals surface area contributed by atoms with Crippen molar-refractivity contribution < 1.29 is 136 Å². The van der Waals surface area contributed by atoms with Crippen molar-refractivity contribution in [1.82, 2.24) is 4.98 Å². The lowest BCUT2D eigenvalue weighted by Crippen LogP contribution is -2.15. The van der Waals surface area contributed by atoms with Crippen molar-refractivity contribution in [1.29, 1.82) is 0 Å². The number of oxazole rings is 1. The highest BCUT2D eigenvalue weighted by Crippen LogP contribution is 2.50. The second-order valence-electron chi connectivity index (χ2n) is 31.9. The van der Waals surface area contributed by atoms with E-state index in [1.807, 2.05) is 44.2 Å². The summed E-state index contributed by atoms with van der Waals surface area (Å²) in [6, 6.07) is 23.5. The van der Waals surface area contributed by atoms with Crippen LogP contribution in [-0.2, 0) is 28.8 Å². The third kappa shape index (κ3) is 24.8. The van der Waals surface area contributed by atoms with Crippen molar-refractivity contribution in [3.63, 3.8) is 0 Å². The van der Waals surface area contributed by atoms with Gasteiger partial charge in [0.2, 0.25) is 0 Å². The number of benzene rings is 6. The van der Waals surface area contributed by atoms with E-state index < -0.39 is 24.1 Å². The van der Waals surface area contributed by atoms with Gasteiger partial charge in [-0.1, -0.05) is 27.2 Å². The topological polar surface area (TPSA) is 332 Å². The van der Waals surface area contributed by atoms with Gasteiger partial charge >= 0.3 is 6.61 Å². The summed E-state index contributed by atoms with van der Waals surface area (Å²) in [6.07, 6.45) is 4.44. The molecule has 0 saturated heterocycles. The molecule has 135 heavy (non-hydrogen) atoms. The number of aryl methyl sites for hydroxylation is 1. The molecule has 0 N–H and O–H groups in total. The zero-order valence-electron chi connectivity index (χ0n) is 77.9. The van der Waals surface area contributed by atoms with Gasteiger partial charge in [-0.05, 0) is 127 Å². The van der Waals surface area contributed by atoms with Gasteiger partial charge in [-0.3, -0.25) is 52.7 Å². The van der Waals surface area contributed by atoms with E-state index in [1.165, 1.54) is 177 Å². The molecule has 2 unspecified atom stereocenters. The monoisotopic (exact) mass is 1980 g/mol. The number of ketones is 12. The van der Waals surface area contributed by atoms with E-state index in [9.17, 15) is 79.5 Å². The molecular weight excluding hydrogens is 1870 g/mol. The molecule has 7 aromatic heterocycles. The van der Waals surface area contributed by atoms with Crippen LogP contribution in [0.1, 0.15) is 190 Å². The molecule has 0 bridgehead atoms. The fourth-order valence-electron chi connectivity index (χ4n) is 14.9. The summed E-state index contributed by atoms with van der Waals surface area (Å²) in [5.41, 5.74) is 1.29. The molecule has 2 aliphatic carbocycles. The van der Waals surface area contributed by atoms with Crippen LogP contribution in [0.3, 0.4) is 0 Å². The smallest absolute Gasteiger partial charge is 0.387 e. The van der Waals surface area contributed by atoms with E-state index in [0.29, 0.717) is 135 Å². The highest BCUT2D eigenvalue weighted by molar-refractivity contribution is 7.23. The van der Waals surface area contributed by atoms with Crippen LogP contribution >= 0.6 is 68.0 Å². The van der Waals surface area contributed by atoms with Gasteiger partial charge in [0.25, 0.3) is 0 Å². The Labute approximate surface area is 798 Å². The van der Waals surface area contributed by atoms with E-state index in [0.717, 1.165) is 33.0 Å². The van der Waals surface area contributed by atoms with E-state index >= 15 is 0 Å². The molecule has 15 rings (SSSR count). The number of carbonyl (C=O) groups excluding carboxylic acids is 12. The van der Waals surface area contributed by atoms with Gasteiger partial charge in [0, 0.05) is 167 Å². The normalized spacial score (nSPS) is 14.6. The van der Waals surface area contributed by atoms with E-state index in [4.69, 9.17) is 51.8 Å². The first-order valence-electron chi connectivity index (χ1n) is 42.5. The Kier molecular flexibility index (Phi) is 36.2. The lowest BCUT2D eigenvalue weighted by Gasteiger charge is -2.10. The number of methoxy groups -OCH3 is 10. The van der Waals surface area contributed by atoms with Gasteiger partial charge in [0.1, 0.15) is 40.2 Å². The number of aromatic nitrogens is 1. The molecule has 6 aromatic carbocycles. The van der Waals surface area contributed by atoms with Crippen LogP contribution in [0.25, 0.3) is 71.6 Å². The highest BCUT2D eigenvalue weighted by atomic mass is 32.1. The fraction of sp³-hybridized carbons (Fsp3) is 0.384. The number of hydrogen-bond acceptors (Lipinski definition) is 31. The van der Waals surface area contributed by atoms with Crippen molar-refractivity contribution >= 4 is 209 Å². The zero-order chi connectivity index (χ0) is 99.2. The van der Waals surface area contributed by atoms with Crippen LogP contribution < -0.4 is 52.1 Å². The van der Waals surface area contributed by atoms with Gasteiger partial charge in [0.15, 0.2) is 127 Å². The van der Waals surface area contributed by atoms with Crippen LogP contribution in [0.2, 0.25) is 0 Å². The Morgan fingerprint density at radius 1 is 0.393 bits per heavy atom. The van der Waals surface area contributed by atoms with E-state index in [1.54, 1.807) is 72.4 Å². The Morgan fingerprint density at radius 2 is 0.741 bits per heavy atom. The predicted molar refractivity (Wildman–Crippen MR) is 513 cm³/mol. The van der Waals surface area contributed by atoms with Crippen molar-refractivity contribution in [3.8, 4) is 63.2 Å². The Morgan fingerprint density at radius 3 is 1.12 bits per heavy atom. The molecule has 718 valence electrons. The summed E-state index contributed by atoms with van der Waals surface area (Å²) in [6.45, 7) is 13.5. The summed E-state index contributed by atoms with van der Waals surface area (Å²) in [4.78, 5) is 150. The van der Waals surface area contributed by atoms with E-state index in [-0.39, 0.29) is 177 Å². The summed E-state index contributed by atoms with van der Waals surface area (Å²) in [5.74, 6) is -0.0528. The van der Waals surface area contributed by atoms with Crippen LogP contribution in [0.4, 0.5) is 22.0 Å². The van der Waals surface area contributed by atoms with Gasteiger partial charge in [-0.2, -0.15) is 8.78 Å². The lowest BCUT2D eigenvalue weighted by atomic mass is 9.93. The number of thiophene rings is 6. The van der Waals surface area contributed by atoms with Crippen molar-refractivity contribution in [2.24, 2.45) is 41.4 Å². The molecule has 25 nitrogen and oxygen atoms in total. The van der Waals surface area contributed by atoms with Crippen LogP contribution in [0.5, 0.6) is 63.2 Å². The van der Waals surface area contributed by atoms with Crippen LogP contribution in [-0.4, -0.2) is 152 Å². The maximum Gasteiger partial charge on any atom is 0.387 e. The number of ether oxygens (including phenoxy) is 11. The number of alkyl halides is 2. The average Bonchev–Trinajstić information content (AvgIpc) is 1.61. The van der Waals surface area contributed by atoms with Gasteiger partial charge < -0.3 is 61.3 Å². The average molecular weight is 1980 g/mol. The molecule has 0 aliphatic heterocycles. The standard InChI is InChI=1S/C18H22O4S.C17H19FO4S.C17H17NO4S.2C16H15FO4S.C15H14F2O4S/c1-5-6-12(11(2)19)7-14(20)18-9-13-8-15(21-3)16(22-4)10-17(13)23-18;1-5-10(9(2)19)6-12(20)15-7-11-14(23-15)8-13(21-3)17(22-4)16(11)18;1-8(9(2)19)5-12(20)15-6-11-14(23-15)7-13(21-4)17-16(11)18-10(3)22-17;2*1-7(18)8-4-9(8)15(19)13-5-10-12(22-13)6-11(20-2)16(21-3)14(10)17;1-8(18)3-4-10(19)14-6-9-5-11(20-2)12(21-15(16)17)7-13(9)22-14/h8-10,12H,5-7H2,1-4H3;7-8,10H,5-6H2,1-4H3;6-8H,5H2,1-4H3;2*5-6,8-9H,4H2,1-3H3;5-7,15H,3-4H2,1-2H3/t;;8-;2*8-,9-;/m..010./s1. The quantitative estimate of drug-likeness (QED) is 0.0258. The number of hydrogen-bond donors (Lipinski definition) is 0. The molecule has 2 aliphatic rings. The molecule has 2 saturated carbocycles. The summed E-state index contributed by atoms with van der Waals surface area (Å²) in [5, 5.41) is 3.53. The summed E-state index contributed by atoms with van der Waals surface area (Å²) >= 11 is 7.62. The first kappa shape index (κ1) is 105. The van der Waals surface area contributed by atoms with Gasteiger partial charge in [0.05, 0.1) is 100 Å². The molecular formula is C99H102F5NO24S6. The second-order valence-corrected chi connectivity index (χ2v) is 38.4. The lowest BCUT2D eigenvalue weighted by molar-refractivity contribution is -0.121. The Bertz CT molecular complexity index is 6530. The number of carbonyl (C=O) groups is 12. The Hall–Kier alpha value is -12.0. The van der Waals surface area contributed by atoms with E-state index in [2.05, 4.69) is 9.72 Å². The first-order chi connectivity index (χ1) is 64.2. The highest BCUT2D eigenvalue weighted by Gasteiger charge is 2.48. The number of rotatable bonds is 37.